The van der Waals surface area contributed by atoms with Crippen LogP contribution in [0.3, 0.4) is 0 Å². The Morgan fingerprint density at radius 1 is 1.22 bits per heavy atom. The van der Waals surface area contributed by atoms with E-state index in [9.17, 15) is 13.2 Å². The molecule has 0 aliphatic rings. The molecule has 0 unspecified atom stereocenters. The highest BCUT2D eigenvalue weighted by Crippen LogP contribution is 2.23. The number of benzene rings is 1. The van der Waals surface area contributed by atoms with Gasteiger partial charge in [0.1, 0.15) is 11.6 Å². The van der Waals surface area contributed by atoms with Crippen molar-refractivity contribution < 1.29 is 17.9 Å². The first kappa shape index (κ1) is 13.8. The number of ether oxygens (including phenoxy) is 1. The monoisotopic (exact) mass is 257 g/mol. The molecule has 0 heterocycles. The number of rotatable bonds is 4. The van der Waals surface area contributed by atoms with Crippen molar-refractivity contribution in [3.8, 4) is 5.75 Å². The van der Waals surface area contributed by atoms with Crippen molar-refractivity contribution in [2.75, 3.05) is 0 Å². The topological polar surface area (TPSA) is 83.0 Å². The normalized spacial score (nSPS) is 11.5. The minimum Gasteiger partial charge on any atom is -0.406 e. The van der Waals surface area contributed by atoms with Crippen LogP contribution in [0.5, 0.6) is 5.75 Å². The van der Waals surface area contributed by atoms with E-state index in [0.717, 1.165) is 12.1 Å². The Hall–Kier alpha value is -2.31. The van der Waals surface area contributed by atoms with Crippen LogP contribution in [0.15, 0.2) is 36.4 Å². The number of hydrogen-bond acceptors (Lipinski definition) is 3. The summed E-state index contributed by atoms with van der Waals surface area (Å²) in [5.74, 6) is -0.650. The Balaban J connectivity index is 2.88. The average molecular weight is 257 g/mol. The molecule has 96 valence electrons. The third-order valence-electron chi connectivity index (χ3n) is 1.81. The Morgan fingerprint density at radius 3 is 2.44 bits per heavy atom. The van der Waals surface area contributed by atoms with Gasteiger partial charge in [0, 0.05) is 5.56 Å². The molecule has 1 rings (SSSR count). The SMILES string of the molecule is N=C(N)/C=C\C(=N)c1cccc(OC(F)(F)F)c1. The van der Waals surface area contributed by atoms with Crippen LogP contribution in [0.1, 0.15) is 5.56 Å². The molecule has 0 saturated heterocycles. The highest BCUT2D eigenvalue weighted by molar-refractivity contribution is 6.09. The summed E-state index contributed by atoms with van der Waals surface area (Å²) in [5, 5.41) is 14.5. The molecule has 4 N–H and O–H groups in total. The Kier molecular flexibility index (Phi) is 4.09. The maximum atomic E-state index is 12.0. The first-order valence-corrected chi connectivity index (χ1v) is 4.75. The zero-order chi connectivity index (χ0) is 13.8. The molecule has 7 heteroatoms. The van der Waals surface area contributed by atoms with Crippen molar-refractivity contribution in [3.63, 3.8) is 0 Å². The molecule has 0 saturated carbocycles. The van der Waals surface area contributed by atoms with Gasteiger partial charge >= 0.3 is 6.36 Å². The first-order valence-electron chi connectivity index (χ1n) is 4.75. The van der Waals surface area contributed by atoms with E-state index in [1.807, 2.05) is 0 Å². The lowest BCUT2D eigenvalue weighted by Gasteiger charge is -2.09. The molecule has 1 aromatic rings. The second-order valence-corrected chi connectivity index (χ2v) is 3.28. The fraction of sp³-hybridized carbons (Fsp3) is 0.0909. The minimum absolute atomic E-state index is 0.0715. The van der Waals surface area contributed by atoms with Gasteiger partial charge in [0.2, 0.25) is 0 Å². The Labute approximate surface area is 101 Å². The molecule has 0 aliphatic carbocycles. The van der Waals surface area contributed by atoms with Crippen molar-refractivity contribution in [3.05, 3.63) is 42.0 Å². The number of alkyl halides is 3. The quantitative estimate of drug-likeness (QED) is 0.571. The number of halogens is 3. The molecule has 4 nitrogen and oxygen atoms in total. The predicted octanol–water partition coefficient (Wildman–Crippen LogP) is 2.45. The van der Waals surface area contributed by atoms with Crippen LogP contribution in [0.25, 0.3) is 0 Å². The Morgan fingerprint density at radius 2 is 1.89 bits per heavy atom. The standard InChI is InChI=1S/C11H10F3N3O/c12-11(13,14)18-8-3-1-2-7(6-8)9(15)4-5-10(16)17/h1-6,15H,(H3,16,17)/b5-4-,15-9?. The lowest BCUT2D eigenvalue weighted by atomic mass is 10.1. The van der Waals surface area contributed by atoms with Gasteiger partial charge in [0.25, 0.3) is 0 Å². The Bertz CT molecular complexity index is 495. The summed E-state index contributed by atoms with van der Waals surface area (Å²) in [6.07, 6.45) is -2.38. The van der Waals surface area contributed by atoms with Gasteiger partial charge in [-0.15, -0.1) is 13.2 Å². The molecule has 0 fully saturated rings. The number of amidine groups is 1. The molecule has 0 bridgehead atoms. The van der Waals surface area contributed by atoms with E-state index in [1.54, 1.807) is 0 Å². The maximum Gasteiger partial charge on any atom is 0.573 e. The summed E-state index contributed by atoms with van der Waals surface area (Å²) in [6.45, 7) is 0. The van der Waals surface area contributed by atoms with E-state index in [-0.39, 0.29) is 17.1 Å². The van der Waals surface area contributed by atoms with Gasteiger partial charge in [-0.2, -0.15) is 0 Å². The number of hydrogen-bond donors (Lipinski definition) is 3. The van der Waals surface area contributed by atoms with Crippen molar-refractivity contribution >= 4 is 11.5 Å². The lowest BCUT2D eigenvalue weighted by molar-refractivity contribution is -0.274. The van der Waals surface area contributed by atoms with Gasteiger partial charge in [0.15, 0.2) is 0 Å². The fourth-order valence-corrected chi connectivity index (χ4v) is 1.13. The van der Waals surface area contributed by atoms with Gasteiger partial charge in [-0.3, -0.25) is 5.41 Å². The van der Waals surface area contributed by atoms with Gasteiger partial charge < -0.3 is 15.9 Å². The van der Waals surface area contributed by atoms with E-state index < -0.39 is 12.1 Å². The van der Waals surface area contributed by atoms with Crippen LogP contribution < -0.4 is 10.5 Å². The number of nitrogens with one attached hydrogen (secondary N) is 2. The van der Waals surface area contributed by atoms with Crippen molar-refractivity contribution in [2.24, 2.45) is 5.73 Å². The first-order chi connectivity index (χ1) is 8.28. The third-order valence-corrected chi connectivity index (χ3v) is 1.81. The van der Waals surface area contributed by atoms with Crippen LogP contribution in [-0.4, -0.2) is 17.9 Å². The number of nitrogens with two attached hydrogens (primary N) is 1. The largest absolute Gasteiger partial charge is 0.573 e. The van der Waals surface area contributed by atoms with Crippen molar-refractivity contribution in [1.82, 2.24) is 0 Å². The molecule has 0 radical (unpaired) electrons. The molecular weight excluding hydrogens is 247 g/mol. The molecule has 0 spiro atoms. The smallest absolute Gasteiger partial charge is 0.406 e. The minimum atomic E-state index is -4.77. The summed E-state index contributed by atoms with van der Waals surface area (Å²) in [4.78, 5) is 0. The highest BCUT2D eigenvalue weighted by atomic mass is 19.4. The molecule has 0 aromatic heterocycles. The van der Waals surface area contributed by atoms with Crippen LogP contribution in [0.4, 0.5) is 13.2 Å². The van der Waals surface area contributed by atoms with Gasteiger partial charge in [-0.1, -0.05) is 12.1 Å². The number of allylic oxidation sites excluding steroid dienone is 1. The molecule has 1 aromatic carbocycles. The van der Waals surface area contributed by atoms with Gasteiger partial charge in [-0.25, -0.2) is 0 Å². The van der Waals surface area contributed by atoms with E-state index >= 15 is 0 Å². The maximum absolute atomic E-state index is 12.0. The summed E-state index contributed by atoms with van der Waals surface area (Å²) < 4.78 is 39.7. The van der Waals surface area contributed by atoms with E-state index in [1.165, 1.54) is 24.3 Å². The fourth-order valence-electron chi connectivity index (χ4n) is 1.13. The molecule has 0 aliphatic heterocycles. The lowest BCUT2D eigenvalue weighted by Crippen LogP contribution is -2.17. The summed E-state index contributed by atoms with van der Waals surface area (Å²) >= 11 is 0. The zero-order valence-electron chi connectivity index (χ0n) is 9.08. The van der Waals surface area contributed by atoms with E-state index in [2.05, 4.69) is 4.74 Å². The van der Waals surface area contributed by atoms with Crippen molar-refractivity contribution in [2.45, 2.75) is 6.36 Å². The second kappa shape index (κ2) is 5.35. The average Bonchev–Trinajstić information content (AvgIpc) is 2.23. The molecular formula is C11H10F3N3O. The molecule has 0 amide bonds. The van der Waals surface area contributed by atoms with Gasteiger partial charge in [0.05, 0.1) is 5.71 Å². The molecule has 18 heavy (non-hydrogen) atoms. The second-order valence-electron chi connectivity index (χ2n) is 3.28. The van der Waals surface area contributed by atoms with Gasteiger partial charge in [-0.05, 0) is 24.3 Å². The van der Waals surface area contributed by atoms with Crippen LogP contribution in [-0.2, 0) is 0 Å². The van der Waals surface area contributed by atoms with Crippen LogP contribution >= 0.6 is 0 Å². The van der Waals surface area contributed by atoms with E-state index in [4.69, 9.17) is 16.6 Å². The summed E-state index contributed by atoms with van der Waals surface area (Å²) in [7, 11) is 0. The third kappa shape index (κ3) is 4.69. The molecule has 0 atom stereocenters. The van der Waals surface area contributed by atoms with Crippen LogP contribution in [0.2, 0.25) is 0 Å². The van der Waals surface area contributed by atoms with E-state index in [0.29, 0.717) is 0 Å². The predicted molar refractivity (Wildman–Crippen MR) is 61.0 cm³/mol. The zero-order valence-corrected chi connectivity index (χ0v) is 9.08. The van der Waals surface area contributed by atoms with Crippen LogP contribution in [0, 0.1) is 10.8 Å². The van der Waals surface area contributed by atoms with Crippen molar-refractivity contribution in [1.29, 1.82) is 10.8 Å². The highest BCUT2D eigenvalue weighted by Gasteiger charge is 2.31. The summed E-state index contributed by atoms with van der Waals surface area (Å²) in [6, 6.07) is 5.02. The summed E-state index contributed by atoms with van der Waals surface area (Å²) in [5.41, 5.74) is 5.22.